The first-order valence-corrected chi connectivity index (χ1v) is 6.09. The van der Waals surface area contributed by atoms with Crippen LogP contribution in [0.4, 0.5) is 0 Å². The average Bonchev–Trinajstić information content (AvgIpc) is 2.17. The van der Waals surface area contributed by atoms with Crippen LogP contribution >= 0.6 is 12.2 Å². The van der Waals surface area contributed by atoms with Gasteiger partial charge in [-0.05, 0) is 37.4 Å². The van der Waals surface area contributed by atoms with Crippen molar-refractivity contribution < 1.29 is 0 Å². The molecule has 3 heteroatoms. The summed E-state index contributed by atoms with van der Waals surface area (Å²) in [6.07, 6.45) is 6.86. The fourth-order valence-corrected chi connectivity index (χ4v) is 2.32. The fourth-order valence-electron chi connectivity index (χ4n) is 2.10. The molecule has 14 heavy (non-hydrogen) atoms. The van der Waals surface area contributed by atoms with Crippen LogP contribution in [0.5, 0.6) is 0 Å². The van der Waals surface area contributed by atoms with Crippen molar-refractivity contribution in [1.82, 2.24) is 10.6 Å². The maximum Gasteiger partial charge on any atom is 0.166 e. The Labute approximate surface area is 92.8 Å². The van der Waals surface area contributed by atoms with E-state index < -0.39 is 0 Å². The quantitative estimate of drug-likeness (QED) is 0.706. The van der Waals surface area contributed by atoms with Crippen LogP contribution in [-0.4, -0.2) is 18.2 Å². The minimum atomic E-state index is 0.470. The predicted octanol–water partition coefficient (Wildman–Crippen LogP) is 2.44. The first kappa shape index (κ1) is 11.8. The zero-order valence-electron chi connectivity index (χ0n) is 9.36. The standard InChI is InChI=1S/C11H22N2S/c1-3-12-10(14)13-9-11(2)7-5-4-6-8-11/h3-9H2,1-2H3,(H2,12,13,14). The molecule has 0 saturated heterocycles. The second-order valence-corrected chi connectivity index (χ2v) is 4.99. The normalized spacial score (nSPS) is 20.1. The number of hydrogen-bond donors (Lipinski definition) is 2. The van der Waals surface area contributed by atoms with Crippen LogP contribution in [0.2, 0.25) is 0 Å². The van der Waals surface area contributed by atoms with Crippen molar-refractivity contribution in [1.29, 1.82) is 0 Å². The molecular weight excluding hydrogens is 192 g/mol. The van der Waals surface area contributed by atoms with E-state index >= 15 is 0 Å². The van der Waals surface area contributed by atoms with E-state index in [0.29, 0.717) is 5.41 Å². The van der Waals surface area contributed by atoms with E-state index in [1.54, 1.807) is 0 Å². The van der Waals surface area contributed by atoms with Crippen LogP contribution < -0.4 is 10.6 Å². The maximum absolute atomic E-state index is 5.15. The lowest BCUT2D eigenvalue weighted by Crippen LogP contribution is -2.42. The highest BCUT2D eigenvalue weighted by Gasteiger charge is 2.26. The third-order valence-corrected chi connectivity index (χ3v) is 3.36. The summed E-state index contributed by atoms with van der Waals surface area (Å²) >= 11 is 5.15. The van der Waals surface area contributed by atoms with Crippen LogP contribution in [0.3, 0.4) is 0 Å². The zero-order valence-corrected chi connectivity index (χ0v) is 10.2. The van der Waals surface area contributed by atoms with E-state index in [1.807, 2.05) is 0 Å². The summed E-state index contributed by atoms with van der Waals surface area (Å²) in [4.78, 5) is 0. The molecule has 2 nitrogen and oxygen atoms in total. The summed E-state index contributed by atoms with van der Waals surface area (Å²) in [5.41, 5.74) is 0.470. The number of thiocarbonyl (C=S) groups is 1. The van der Waals surface area contributed by atoms with Gasteiger partial charge in [-0.25, -0.2) is 0 Å². The van der Waals surface area contributed by atoms with Crippen LogP contribution in [0.1, 0.15) is 46.0 Å². The molecule has 0 bridgehead atoms. The van der Waals surface area contributed by atoms with Gasteiger partial charge in [0, 0.05) is 13.1 Å². The van der Waals surface area contributed by atoms with E-state index in [9.17, 15) is 0 Å². The number of hydrogen-bond acceptors (Lipinski definition) is 1. The van der Waals surface area contributed by atoms with Crippen molar-refractivity contribution in [2.45, 2.75) is 46.0 Å². The van der Waals surface area contributed by atoms with Gasteiger partial charge in [-0.15, -0.1) is 0 Å². The molecule has 0 atom stereocenters. The molecule has 82 valence electrons. The minimum Gasteiger partial charge on any atom is -0.363 e. The first-order valence-electron chi connectivity index (χ1n) is 5.68. The van der Waals surface area contributed by atoms with Gasteiger partial charge in [0.25, 0.3) is 0 Å². The maximum atomic E-state index is 5.15. The molecule has 1 aliphatic rings. The molecule has 0 heterocycles. The van der Waals surface area contributed by atoms with Crippen molar-refractivity contribution in [3.05, 3.63) is 0 Å². The Kier molecular flexibility index (Phi) is 4.66. The van der Waals surface area contributed by atoms with Gasteiger partial charge in [0.15, 0.2) is 5.11 Å². The van der Waals surface area contributed by atoms with Gasteiger partial charge in [0.1, 0.15) is 0 Å². The van der Waals surface area contributed by atoms with Gasteiger partial charge >= 0.3 is 0 Å². The van der Waals surface area contributed by atoms with Crippen LogP contribution in [-0.2, 0) is 0 Å². The second-order valence-electron chi connectivity index (χ2n) is 4.58. The average molecular weight is 214 g/mol. The number of rotatable bonds is 3. The molecule has 0 amide bonds. The molecule has 1 fully saturated rings. The molecule has 0 radical (unpaired) electrons. The van der Waals surface area contributed by atoms with Crippen LogP contribution in [0, 0.1) is 5.41 Å². The van der Waals surface area contributed by atoms with Gasteiger partial charge in [0.2, 0.25) is 0 Å². The molecule has 0 aromatic carbocycles. The summed E-state index contributed by atoms with van der Waals surface area (Å²) in [6.45, 7) is 6.37. The van der Waals surface area contributed by atoms with Crippen LogP contribution in [0.15, 0.2) is 0 Å². The van der Waals surface area contributed by atoms with Crippen molar-refractivity contribution in [3.8, 4) is 0 Å². The molecule has 0 aromatic heterocycles. The van der Waals surface area contributed by atoms with Gasteiger partial charge < -0.3 is 10.6 Å². The van der Waals surface area contributed by atoms with Crippen LogP contribution in [0.25, 0.3) is 0 Å². The Morgan fingerprint density at radius 1 is 1.21 bits per heavy atom. The molecule has 1 rings (SSSR count). The van der Waals surface area contributed by atoms with Crippen molar-refractivity contribution >= 4 is 17.3 Å². The monoisotopic (exact) mass is 214 g/mol. The Hall–Kier alpha value is -0.310. The van der Waals surface area contributed by atoms with Crippen molar-refractivity contribution in [3.63, 3.8) is 0 Å². The largest absolute Gasteiger partial charge is 0.363 e. The molecule has 1 saturated carbocycles. The van der Waals surface area contributed by atoms with Crippen molar-refractivity contribution in [2.24, 2.45) is 5.41 Å². The Morgan fingerprint density at radius 3 is 2.43 bits per heavy atom. The molecule has 0 spiro atoms. The first-order chi connectivity index (χ1) is 6.66. The summed E-state index contributed by atoms with van der Waals surface area (Å²) in [6, 6.07) is 0. The molecule has 0 aromatic rings. The van der Waals surface area contributed by atoms with Gasteiger partial charge in [-0.3, -0.25) is 0 Å². The third-order valence-electron chi connectivity index (χ3n) is 3.07. The molecule has 1 aliphatic carbocycles. The van der Waals surface area contributed by atoms with Crippen molar-refractivity contribution in [2.75, 3.05) is 13.1 Å². The highest BCUT2D eigenvalue weighted by molar-refractivity contribution is 7.80. The summed E-state index contributed by atoms with van der Waals surface area (Å²) in [5, 5.41) is 7.24. The van der Waals surface area contributed by atoms with Gasteiger partial charge in [-0.1, -0.05) is 26.2 Å². The molecule has 0 aliphatic heterocycles. The predicted molar refractivity (Wildman–Crippen MR) is 65.5 cm³/mol. The number of nitrogens with one attached hydrogen (secondary N) is 2. The lowest BCUT2D eigenvalue weighted by Gasteiger charge is -2.34. The van der Waals surface area contributed by atoms with E-state index in [1.165, 1.54) is 32.1 Å². The summed E-state index contributed by atoms with van der Waals surface area (Å²) in [5.74, 6) is 0. The summed E-state index contributed by atoms with van der Waals surface area (Å²) in [7, 11) is 0. The van der Waals surface area contributed by atoms with E-state index in [-0.39, 0.29) is 0 Å². The fraction of sp³-hybridized carbons (Fsp3) is 0.909. The molecular formula is C11H22N2S. The Bertz CT molecular complexity index is 186. The molecule has 0 unspecified atom stereocenters. The highest BCUT2D eigenvalue weighted by Crippen LogP contribution is 2.34. The smallest absolute Gasteiger partial charge is 0.166 e. The zero-order chi connectivity index (χ0) is 10.4. The lowest BCUT2D eigenvalue weighted by atomic mass is 9.76. The van der Waals surface area contributed by atoms with E-state index in [4.69, 9.17) is 12.2 Å². The Morgan fingerprint density at radius 2 is 1.86 bits per heavy atom. The van der Waals surface area contributed by atoms with Gasteiger partial charge in [-0.2, -0.15) is 0 Å². The molecule has 2 N–H and O–H groups in total. The Balaban J connectivity index is 2.24. The SMILES string of the molecule is CCNC(=S)NCC1(C)CCCCC1. The minimum absolute atomic E-state index is 0.470. The highest BCUT2D eigenvalue weighted by atomic mass is 32.1. The second kappa shape index (κ2) is 5.54. The third kappa shape index (κ3) is 3.82. The lowest BCUT2D eigenvalue weighted by molar-refractivity contribution is 0.218. The topological polar surface area (TPSA) is 24.1 Å². The summed E-state index contributed by atoms with van der Waals surface area (Å²) < 4.78 is 0. The van der Waals surface area contributed by atoms with E-state index in [0.717, 1.165) is 18.2 Å². The van der Waals surface area contributed by atoms with Gasteiger partial charge in [0.05, 0.1) is 0 Å². The van der Waals surface area contributed by atoms with E-state index in [2.05, 4.69) is 24.5 Å².